The average Bonchev–Trinajstić information content (AvgIpc) is 3.32. The van der Waals surface area contributed by atoms with Gasteiger partial charge in [0.05, 0.1) is 12.7 Å². The van der Waals surface area contributed by atoms with Crippen molar-refractivity contribution in [3.63, 3.8) is 0 Å². The van der Waals surface area contributed by atoms with E-state index in [4.69, 9.17) is 4.74 Å². The summed E-state index contributed by atoms with van der Waals surface area (Å²) in [5, 5.41) is 3.11. The maximum absolute atomic E-state index is 14.3. The van der Waals surface area contributed by atoms with Gasteiger partial charge in [-0.15, -0.1) is 0 Å². The van der Waals surface area contributed by atoms with Gasteiger partial charge in [0.15, 0.2) is 11.6 Å². The fourth-order valence-corrected chi connectivity index (χ4v) is 3.99. The summed E-state index contributed by atoms with van der Waals surface area (Å²) in [5.41, 5.74) is 1.11. The fraction of sp³-hybridized carbons (Fsp3) is 0.577. The van der Waals surface area contributed by atoms with E-state index in [2.05, 4.69) is 22.2 Å². The van der Waals surface area contributed by atoms with Crippen molar-refractivity contribution >= 4 is 17.7 Å². The van der Waals surface area contributed by atoms with Crippen molar-refractivity contribution in [3.05, 3.63) is 41.8 Å². The zero-order chi connectivity index (χ0) is 24.8. The Bertz CT molecular complexity index is 953. The SMILES string of the molecule is CC.CC(Cc1ccc(O[C@@H]2CCN(c3nc(N(C)C)ncc3F)C2)cc1)C(=O)NC1CC1C. The number of rotatable bonds is 8. The molecule has 1 aliphatic carbocycles. The minimum Gasteiger partial charge on any atom is -0.489 e. The summed E-state index contributed by atoms with van der Waals surface area (Å²) in [4.78, 5) is 24.3. The van der Waals surface area contributed by atoms with Crippen molar-refractivity contribution < 1.29 is 13.9 Å². The van der Waals surface area contributed by atoms with Gasteiger partial charge in [0.25, 0.3) is 0 Å². The highest BCUT2D eigenvalue weighted by atomic mass is 19.1. The Kier molecular flexibility index (Phi) is 8.69. The van der Waals surface area contributed by atoms with Crippen LogP contribution in [0.2, 0.25) is 0 Å². The van der Waals surface area contributed by atoms with Gasteiger partial charge in [-0.25, -0.2) is 9.37 Å². The largest absolute Gasteiger partial charge is 0.489 e. The molecular formula is C26H38FN5O2. The molecular weight excluding hydrogens is 433 g/mol. The molecule has 1 aromatic heterocycles. The van der Waals surface area contributed by atoms with Gasteiger partial charge in [-0.05, 0) is 36.5 Å². The van der Waals surface area contributed by atoms with Gasteiger partial charge >= 0.3 is 0 Å². The van der Waals surface area contributed by atoms with Crippen molar-refractivity contribution in [2.45, 2.75) is 59.1 Å². The quantitative estimate of drug-likeness (QED) is 0.626. The molecule has 2 aliphatic rings. The van der Waals surface area contributed by atoms with Crippen molar-refractivity contribution in [3.8, 4) is 5.75 Å². The van der Waals surface area contributed by atoms with Crippen LogP contribution in [-0.4, -0.2) is 55.2 Å². The number of carbonyl (C=O) groups is 1. The zero-order valence-corrected chi connectivity index (χ0v) is 21.2. The molecule has 1 aliphatic heterocycles. The summed E-state index contributed by atoms with van der Waals surface area (Å²) in [6.07, 6.45) is 3.76. The van der Waals surface area contributed by atoms with E-state index in [9.17, 15) is 9.18 Å². The monoisotopic (exact) mass is 471 g/mol. The van der Waals surface area contributed by atoms with E-state index in [1.54, 1.807) is 4.90 Å². The highest BCUT2D eigenvalue weighted by Gasteiger charge is 2.34. The van der Waals surface area contributed by atoms with E-state index in [1.165, 1.54) is 6.20 Å². The number of anilines is 2. The summed E-state index contributed by atoms with van der Waals surface area (Å²) in [5.74, 6) is 1.83. The predicted molar refractivity (Wildman–Crippen MR) is 134 cm³/mol. The third-order valence-corrected chi connectivity index (χ3v) is 6.21. The first-order chi connectivity index (χ1) is 16.3. The smallest absolute Gasteiger partial charge is 0.226 e. The van der Waals surface area contributed by atoms with Crippen molar-refractivity contribution in [2.24, 2.45) is 11.8 Å². The van der Waals surface area contributed by atoms with Gasteiger partial charge in [-0.3, -0.25) is 4.79 Å². The summed E-state index contributed by atoms with van der Waals surface area (Å²) in [7, 11) is 3.66. The number of halogens is 1. The van der Waals surface area contributed by atoms with Crippen LogP contribution in [0.15, 0.2) is 30.5 Å². The Balaban J connectivity index is 0.00000158. The summed E-state index contributed by atoms with van der Waals surface area (Å²) >= 11 is 0. The second-order valence-electron chi connectivity index (χ2n) is 9.29. The van der Waals surface area contributed by atoms with Crippen LogP contribution in [0.5, 0.6) is 5.75 Å². The molecule has 3 unspecified atom stereocenters. The molecule has 1 N–H and O–H groups in total. The van der Waals surface area contributed by atoms with Crippen LogP contribution in [0.4, 0.5) is 16.2 Å². The third kappa shape index (κ3) is 6.58. The fourth-order valence-electron chi connectivity index (χ4n) is 3.99. The van der Waals surface area contributed by atoms with Crippen LogP contribution in [-0.2, 0) is 11.2 Å². The van der Waals surface area contributed by atoms with Crippen LogP contribution in [0.1, 0.15) is 46.1 Å². The van der Waals surface area contributed by atoms with Crippen molar-refractivity contribution in [1.29, 1.82) is 0 Å². The first-order valence-electron chi connectivity index (χ1n) is 12.3. The number of amides is 1. The lowest BCUT2D eigenvalue weighted by Crippen LogP contribution is -2.32. The number of hydrogen-bond acceptors (Lipinski definition) is 6. The predicted octanol–water partition coefficient (Wildman–Crippen LogP) is 4.07. The second kappa shape index (κ2) is 11.5. The number of benzene rings is 1. The molecule has 0 bridgehead atoms. The molecule has 1 aromatic carbocycles. The van der Waals surface area contributed by atoms with E-state index in [-0.39, 0.29) is 17.9 Å². The van der Waals surface area contributed by atoms with Gasteiger partial charge in [0, 0.05) is 39.0 Å². The highest BCUT2D eigenvalue weighted by Crippen LogP contribution is 2.29. The summed E-state index contributed by atoms with van der Waals surface area (Å²) < 4.78 is 20.4. The Morgan fingerprint density at radius 2 is 1.97 bits per heavy atom. The molecule has 8 heteroatoms. The lowest BCUT2D eigenvalue weighted by Gasteiger charge is -2.20. The number of ether oxygens (including phenoxy) is 1. The Morgan fingerprint density at radius 1 is 1.29 bits per heavy atom. The molecule has 2 fully saturated rings. The van der Waals surface area contributed by atoms with E-state index in [0.29, 0.717) is 43.2 Å². The highest BCUT2D eigenvalue weighted by molar-refractivity contribution is 5.79. The van der Waals surface area contributed by atoms with E-state index in [1.807, 2.05) is 64.0 Å². The summed E-state index contributed by atoms with van der Waals surface area (Å²) in [6.45, 7) is 9.37. The normalized spacial score (nSPS) is 21.9. The minimum atomic E-state index is -0.421. The van der Waals surface area contributed by atoms with Gasteiger partial charge < -0.3 is 19.9 Å². The molecule has 0 radical (unpaired) electrons. The minimum absolute atomic E-state index is 0.0387. The molecule has 0 spiro atoms. The maximum Gasteiger partial charge on any atom is 0.226 e. The van der Waals surface area contributed by atoms with Gasteiger partial charge in [-0.1, -0.05) is 39.8 Å². The third-order valence-electron chi connectivity index (χ3n) is 6.21. The molecule has 1 saturated heterocycles. The Hall–Kier alpha value is -2.90. The van der Waals surface area contributed by atoms with Gasteiger partial charge in [0.1, 0.15) is 11.9 Å². The molecule has 34 heavy (non-hydrogen) atoms. The van der Waals surface area contributed by atoms with Crippen LogP contribution in [0.3, 0.4) is 0 Å². The lowest BCUT2D eigenvalue weighted by atomic mass is 10.0. The molecule has 4 atom stereocenters. The van der Waals surface area contributed by atoms with Crippen molar-refractivity contribution in [2.75, 3.05) is 37.0 Å². The topological polar surface area (TPSA) is 70.6 Å². The summed E-state index contributed by atoms with van der Waals surface area (Å²) in [6, 6.07) is 8.28. The molecule has 2 aromatic rings. The average molecular weight is 472 g/mol. The number of nitrogens with zero attached hydrogens (tertiary/aromatic N) is 4. The van der Waals surface area contributed by atoms with E-state index < -0.39 is 5.82 Å². The first-order valence-corrected chi connectivity index (χ1v) is 12.3. The Morgan fingerprint density at radius 3 is 2.59 bits per heavy atom. The Labute approximate surface area is 202 Å². The van der Waals surface area contributed by atoms with Gasteiger partial charge in [0.2, 0.25) is 11.9 Å². The number of hydrogen-bond donors (Lipinski definition) is 1. The van der Waals surface area contributed by atoms with Crippen LogP contribution < -0.4 is 19.9 Å². The first kappa shape index (κ1) is 25.7. The van der Waals surface area contributed by atoms with Crippen LogP contribution in [0, 0.1) is 17.7 Å². The zero-order valence-electron chi connectivity index (χ0n) is 21.2. The molecule has 1 amide bonds. The lowest BCUT2D eigenvalue weighted by molar-refractivity contribution is -0.124. The van der Waals surface area contributed by atoms with E-state index >= 15 is 0 Å². The molecule has 186 valence electrons. The molecule has 4 rings (SSSR count). The molecule has 1 saturated carbocycles. The van der Waals surface area contributed by atoms with E-state index in [0.717, 1.165) is 24.2 Å². The van der Waals surface area contributed by atoms with Crippen LogP contribution >= 0.6 is 0 Å². The number of carbonyl (C=O) groups excluding carboxylic acids is 1. The second-order valence-corrected chi connectivity index (χ2v) is 9.29. The molecule has 7 nitrogen and oxygen atoms in total. The molecule has 2 heterocycles. The van der Waals surface area contributed by atoms with Crippen LogP contribution in [0.25, 0.3) is 0 Å². The maximum atomic E-state index is 14.3. The number of nitrogens with one attached hydrogen (secondary N) is 1. The number of aromatic nitrogens is 2. The standard InChI is InChI=1S/C24H32FN5O2.C2H6/c1-15-12-21(15)27-23(31)16(2)11-17-5-7-18(8-6-17)32-19-9-10-30(14-19)22-20(25)13-26-24(28-22)29(3)4;1-2/h5-8,13,15-16,19,21H,9-12,14H2,1-4H3,(H,27,31);1-2H3/t15?,16?,19-,21?;/m1./s1. The van der Waals surface area contributed by atoms with Gasteiger partial charge in [-0.2, -0.15) is 4.98 Å². The van der Waals surface area contributed by atoms with Crippen molar-refractivity contribution in [1.82, 2.24) is 15.3 Å².